The molecule has 0 aliphatic carbocycles. The predicted octanol–water partition coefficient (Wildman–Crippen LogP) is 1.79. The molecular weight excluding hydrogens is 118 g/mol. The van der Waals surface area contributed by atoms with Crippen molar-refractivity contribution >= 4 is 5.91 Å². The summed E-state index contributed by atoms with van der Waals surface area (Å²) in [6.07, 6.45) is 1.59. The van der Waals surface area contributed by atoms with Gasteiger partial charge in [0.1, 0.15) is 0 Å². The van der Waals surface area contributed by atoms with Gasteiger partial charge in [-0.2, -0.15) is 0 Å². The Kier molecular flexibility index (Phi) is 3.16. The second-order valence-electron chi connectivity index (χ2n) is 1.47. The van der Waals surface area contributed by atoms with E-state index >= 15 is 0 Å². The van der Waals surface area contributed by atoms with Gasteiger partial charge >= 0.3 is 0 Å². The number of azide groups is 1. The van der Waals surface area contributed by atoms with Crippen LogP contribution in [0.2, 0.25) is 0 Å². The van der Waals surface area contributed by atoms with Gasteiger partial charge in [0.05, 0.1) is 0 Å². The zero-order valence-electron chi connectivity index (χ0n) is 5.33. The quantitative estimate of drug-likeness (QED) is 0.228. The van der Waals surface area contributed by atoms with Crippen LogP contribution < -0.4 is 0 Å². The average molecular weight is 125 g/mol. The largest absolute Gasteiger partial charge is 0.287 e. The van der Waals surface area contributed by atoms with Crippen LogP contribution in [-0.2, 0) is 4.79 Å². The van der Waals surface area contributed by atoms with E-state index in [0.717, 1.165) is 0 Å². The van der Waals surface area contributed by atoms with Gasteiger partial charge in [0.15, 0.2) is 0 Å². The van der Waals surface area contributed by atoms with Crippen LogP contribution >= 0.6 is 0 Å². The van der Waals surface area contributed by atoms with Crippen LogP contribution in [0.15, 0.2) is 16.8 Å². The highest BCUT2D eigenvalue weighted by molar-refractivity contribution is 5.93. The third-order valence-corrected chi connectivity index (χ3v) is 0.906. The predicted molar refractivity (Wildman–Crippen MR) is 33.6 cm³/mol. The number of allylic oxidation sites excluding steroid dienone is 1. The SMILES string of the molecule is C/C=C(\C)C(=O)N=[N+]=[N-]. The standard InChI is InChI=1S/C5H7N3O/c1-3-4(2)5(9)7-8-6/h3H,1-2H3/b4-3+. The molecular formula is C5H7N3O. The van der Waals surface area contributed by atoms with Crippen LogP contribution in [0.25, 0.3) is 10.4 Å². The van der Waals surface area contributed by atoms with E-state index in [1.807, 2.05) is 0 Å². The van der Waals surface area contributed by atoms with Crippen LogP contribution in [0.3, 0.4) is 0 Å². The minimum absolute atomic E-state index is 0.466. The van der Waals surface area contributed by atoms with Gasteiger partial charge in [0, 0.05) is 4.91 Å². The second kappa shape index (κ2) is 3.69. The first kappa shape index (κ1) is 7.72. The zero-order valence-corrected chi connectivity index (χ0v) is 5.33. The van der Waals surface area contributed by atoms with Crippen molar-refractivity contribution in [3.05, 3.63) is 22.1 Å². The summed E-state index contributed by atoms with van der Waals surface area (Å²) in [6, 6.07) is 0. The van der Waals surface area contributed by atoms with E-state index in [1.165, 1.54) is 0 Å². The molecule has 0 spiro atoms. The Morgan fingerprint density at radius 2 is 2.33 bits per heavy atom. The van der Waals surface area contributed by atoms with Crippen LogP contribution in [0.5, 0.6) is 0 Å². The molecule has 0 aliphatic heterocycles. The first-order chi connectivity index (χ1) is 4.22. The van der Waals surface area contributed by atoms with Gasteiger partial charge in [-0.1, -0.05) is 6.08 Å². The summed E-state index contributed by atoms with van der Waals surface area (Å²) in [5.74, 6) is -0.514. The van der Waals surface area contributed by atoms with Crippen molar-refractivity contribution < 1.29 is 4.79 Å². The molecule has 0 aromatic carbocycles. The maximum atomic E-state index is 10.5. The van der Waals surface area contributed by atoms with Crippen LogP contribution in [0, 0.1) is 0 Å². The third-order valence-electron chi connectivity index (χ3n) is 0.906. The van der Waals surface area contributed by atoms with E-state index in [1.54, 1.807) is 19.9 Å². The minimum atomic E-state index is -0.514. The molecule has 0 fully saturated rings. The van der Waals surface area contributed by atoms with Crippen LogP contribution in [-0.4, -0.2) is 5.91 Å². The van der Waals surface area contributed by atoms with Gasteiger partial charge in [0.25, 0.3) is 0 Å². The molecule has 48 valence electrons. The highest BCUT2D eigenvalue weighted by Gasteiger charge is 1.96. The number of nitrogens with zero attached hydrogens (tertiary/aromatic N) is 3. The Morgan fingerprint density at radius 1 is 1.78 bits per heavy atom. The fraction of sp³-hybridized carbons (Fsp3) is 0.400. The zero-order chi connectivity index (χ0) is 7.28. The van der Waals surface area contributed by atoms with E-state index in [2.05, 4.69) is 10.0 Å². The summed E-state index contributed by atoms with van der Waals surface area (Å²) >= 11 is 0. The molecule has 0 aromatic rings. The normalized spacial score (nSPS) is 10.2. The summed E-state index contributed by atoms with van der Waals surface area (Å²) < 4.78 is 0. The van der Waals surface area contributed by atoms with E-state index in [-0.39, 0.29) is 0 Å². The van der Waals surface area contributed by atoms with Crippen molar-refractivity contribution in [1.29, 1.82) is 0 Å². The lowest BCUT2D eigenvalue weighted by Gasteiger charge is -1.85. The smallest absolute Gasteiger partial charge is 0.244 e. The van der Waals surface area contributed by atoms with Gasteiger partial charge in [-0.15, -0.1) is 0 Å². The molecule has 0 aromatic heterocycles. The minimum Gasteiger partial charge on any atom is -0.287 e. The molecule has 9 heavy (non-hydrogen) atoms. The molecule has 0 rings (SSSR count). The molecule has 0 saturated heterocycles. The maximum absolute atomic E-state index is 10.5. The summed E-state index contributed by atoms with van der Waals surface area (Å²) in [7, 11) is 0. The summed E-state index contributed by atoms with van der Waals surface area (Å²) in [5.41, 5.74) is 8.26. The van der Waals surface area contributed by atoms with Gasteiger partial charge in [0.2, 0.25) is 5.91 Å². The van der Waals surface area contributed by atoms with Crippen molar-refractivity contribution in [1.82, 2.24) is 0 Å². The van der Waals surface area contributed by atoms with E-state index < -0.39 is 5.91 Å². The summed E-state index contributed by atoms with van der Waals surface area (Å²) in [4.78, 5) is 12.8. The summed E-state index contributed by atoms with van der Waals surface area (Å²) in [5, 5.41) is 2.87. The Hall–Kier alpha value is -1.28. The lowest BCUT2D eigenvalue weighted by Crippen LogP contribution is -1.90. The first-order valence-electron chi connectivity index (χ1n) is 2.44. The molecule has 0 aliphatic rings. The first-order valence-corrected chi connectivity index (χ1v) is 2.44. The molecule has 0 radical (unpaired) electrons. The second-order valence-corrected chi connectivity index (χ2v) is 1.47. The number of carbonyl (C=O) groups excluding carboxylic acids is 1. The Bertz CT molecular complexity index is 188. The Labute approximate surface area is 52.8 Å². The van der Waals surface area contributed by atoms with Gasteiger partial charge in [-0.3, -0.25) is 4.79 Å². The molecule has 0 unspecified atom stereocenters. The van der Waals surface area contributed by atoms with Gasteiger partial charge in [-0.25, -0.2) is 0 Å². The fourth-order valence-electron chi connectivity index (χ4n) is 0.243. The summed E-state index contributed by atoms with van der Waals surface area (Å²) in [6.45, 7) is 3.30. The molecule has 0 atom stereocenters. The van der Waals surface area contributed by atoms with Crippen molar-refractivity contribution in [3.8, 4) is 0 Å². The number of hydrogen-bond acceptors (Lipinski definition) is 1. The highest BCUT2D eigenvalue weighted by atomic mass is 16.1. The fourth-order valence-corrected chi connectivity index (χ4v) is 0.243. The molecule has 0 N–H and O–H groups in total. The number of amides is 1. The lowest BCUT2D eigenvalue weighted by molar-refractivity contribution is -0.114. The lowest BCUT2D eigenvalue weighted by atomic mass is 10.3. The topological polar surface area (TPSA) is 65.8 Å². The van der Waals surface area contributed by atoms with Crippen molar-refractivity contribution in [3.63, 3.8) is 0 Å². The van der Waals surface area contributed by atoms with Crippen molar-refractivity contribution in [2.45, 2.75) is 13.8 Å². The molecule has 0 heterocycles. The molecule has 1 amide bonds. The maximum Gasteiger partial charge on any atom is 0.244 e. The molecule has 0 bridgehead atoms. The van der Waals surface area contributed by atoms with Gasteiger partial charge in [-0.05, 0) is 30.1 Å². The monoisotopic (exact) mass is 125 g/mol. The highest BCUT2D eigenvalue weighted by Crippen LogP contribution is 1.94. The average Bonchev–Trinajstić information content (AvgIpc) is 1.87. The molecule has 4 heteroatoms. The van der Waals surface area contributed by atoms with Crippen molar-refractivity contribution in [2.75, 3.05) is 0 Å². The molecule has 0 saturated carbocycles. The van der Waals surface area contributed by atoms with Crippen LogP contribution in [0.1, 0.15) is 13.8 Å². The number of hydrogen-bond donors (Lipinski definition) is 0. The Balaban J connectivity index is 4.22. The van der Waals surface area contributed by atoms with Crippen molar-refractivity contribution in [2.24, 2.45) is 5.11 Å². The Morgan fingerprint density at radius 3 is 2.67 bits per heavy atom. The van der Waals surface area contributed by atoms with E-state index in [0.29, 0.717) is 5.57 Å². The van der Waals surface area contributed by atoms with Gasteiger partial charge < -0.3 is 0 Å². The van der Waals surface area contributed by atoms with E-state index in [9.17, 15) is 4.79 Å². The molecule has 4 nitrogen and oxygen atoms in total. The van der Waals surface area contributed by atoms with E-state index in [4.69, 9.17) is 5.53 Å². The van der Waals surface area contributed by atoms with Crippen LogP contribution in [0.4, 0.5) is 0 Å². The third kappa shape index (κ3) is 2.51. The number of rotatable bonds is 1. The number of carbonyl (C=O) groups is 1.